The first-order valence-electron chi connectivity index (χ1n) is 10.5. The number of thioether (sulfide) groups is 1. The highest BCUT2D eigenvalue weighted by atomic mass is 32.2. The van der Waals surface area contributed by atoms with Crippen LogP contribution in [0.25, 0.3) is 0 Å². The third-order valence-electron chi connectivity index (χ3n) is 5.26. The summed E-state index contributed by atoms with van der Waals surface area (Å²) in [5, 5.41) is 18.1. The van der Waals surface area contributed by atoms with Crippen LogP contribution in [-0.2, 0) is 4.79 Å². The van der Waals surface area contributed by atoms with Crippen LogP contribution < -0.4 is 10.6 Å². The molecule has 10 heteroatoms. The first kappa shape index (κ1) is 21.9. The van der Waals surface area contributed by atoms with E-state index in [1.165, 1.54) is 42.4 Å². The number of rotatable bonds is 7. The molecule has 0 unspecified atom stereocenters. The predicted molar refractivity (Wildman–Crippen MR) is 120 cm³/mol. The van der Waals surface area contributed by atoms with Gasteiger partial charge in [0.1, 0.15) is 5.82 Å². The normalized spacial score (nSPS) is 14.2. The Morgan fingerprint density at radius 3 is 2.56 bits per heavy atom. The number of halogens is 1. The molecule has 4 rings (SSSR count). The maximum absolute atomic E-state index is 13.1. The summed E-state index contributed by atoms with van der Waals surface area (Å²) in [4.78, 5) is 25.3. The van der Waals surface area contributed by atoms with Crippen molar-refractivity contribution < 1.29 is 14.0 Å². The maximum atomic E-state index is 13.1. The number of amides is 2. The van der Waals surface area contributed by atoms with Gasteiger partial charge in [-0.25, -0.2) is 9.07 Å². The van der Waals surface area contributed by atoms with Crippen molar-refractivity contribution >= 4 is 35.0 Å². The summed E-state index contributed by atoms with van der Waals surface area (Å²) in [6, 6.07) is 12.5. The van der Waals surface area contributed by atoms with Crippen LogP contribution >= 0.6 is 11.8 Å². The Hall–Kier alpha value is -3.27. The zero-order chi connectivity index (χ0) is 22.3. The number of anilines is 2. The Balaban J connectivity index is 1.37. The van der Waals surface area contributed by atoms with Crippen LogP contribution in [0.3, 0.4) is 0 Å². The van der Waals surface area contributed by atoms with Gasteiger partial charge in [-0.1, -0.05) is 43.2 Å². The molecule has 0 radical (unpaired) electrons. The number of hydrogen-bond donors (Lipinski definition) is 2. The molecule has 0 atom stereocenters. The van der Waals surface area contributed by atoms with E-state index in [1.807, 2.05) is 4.68 Å². The van der Waals surface area contributed by atoms with E-state index in [9.17, 15) is 14.0 Å². The van der Waals surface area contributed by atoms with Crippen LogP contribution in [0.15, 0.2) is 53.7 Å². The molecular weight excluding hydrogens is 431 g/mol. The fourth-order valence-electron chi connectivity index (χ4n) is 3.67. The van der Waals surface area contributed by atoms with Crippen LogP contribution in [0.1, 0.15) is 48.5 Å². The first-order chi connectivity index (χ1) is 15.6. The molecule has 0 aliphatic heterocycles. The van der Waals surface area contributed by atoms with Gasteiger partial charge in [0, 0.05) is 5.69 Å². The average molecular weight is 455 g/mol. The van der Waals surface area contributed by atoms with Crippen molar-refractivity contribution in [3.63, 3.8) is 0 Å². The van der Waals surface area contributed by atoms with Crippen LogP contribution in [0.2, 0.25) is 0 Å². The molecule has 1 heterocycles. The molecule has 1 aliphatic carbocycles. The van der Waals surface area contributed by atoms with E-state index >= 15 is 0 Å². The quantitative estimate of drug-likeness (QED) is 0.516. The fraction of sp³-hybridized carbons (Fsp3) is 0.318. The SMILES string of the molecule is O=C(CSc1nnnn1C1CCCCC1)Nc1ccccc1C(=O)Nc1ccc(F)cc1. The van der Waals surface area contributed by atoms with E-state index < -0.39 is 5.91 Å². The van der Waals surface area contributed by atoms with Gasteiger partial charge in [0.2, 0.25) is 11.1 Å². The molecular formula is C22H23FN6O2S. The topological polar surface area (TPSA) is 102 Å². The molecule has 2 N–H and O–H groups in total. The molecule has 0 bridgehead atoms. The van der Waals surface area contributed by atoms with Gasteiger partial charge in [0.05, 0.1) is 23.0 Å². The third-order valence-corrected chi connectivity index (χ3v) is 6.20. The fourth-order valence-corrected chi connectivity index (χ4v) is 4.42. The molecule has 0 spiro atoms. The lowest BCUT2D eigenvalue weighted by molar-refractivity contribution is -0.113. The van der Waals surface area contributed by atoms with Crippen LogP contribution in [0.4, 0.5) is 15.8 Å². The van der Waals surface area contributed by atoms with Gasteiger partial charge in [-0.2, -0.15) is 0 Å². The Bertz CT molecular complexity index is 1080. The Labute approximate surface area is 189 Å². The molecule has 1 aromatic heterocycles. The second kappa shape index (κ2) is 10.4. The van der Waals surface area contributed by atoms with Gasteiger partial charge >= 0.3 is 0 Å². The maximum Gasteiger partial charge on any atom is 0.257 e. The van der Waals surface area contributed by atoms with Crippen molar-refractivity contribution in [2.45, 2.75) is 43.3 Å². The summed E-state index contributed by atoms with van der Waals surface area (Å²) < 4.78 is 14.9. The van der Waals surface area contributed by atoms with Crippen LogP contribution in [0, 0.1) is 5.82 Å². The van der Waals surface area contributed by atoms with E-state index in [1.54, 1.807) is 24.3 Å². The number of carbonyl (C=O) groups excluding carboxylic acids is 2. The lowest BCUT2D eigenvalue weighted by Gasteiger charge is -2.21. The number of benzene rings is 2. The van der Waals surface area contributed by atoms with E-state index in [0.29, 0.717) is 22.1 Å². The van der Waals surface area contributed by atoms with Crippen molar-refractivity contribution in [2.75, 3.05) is 16.4 Å². The summed E-state index contributed by atoms with van der Waals surface area (Å²) in [6.07, 6.45) is 5.64. The van der Waals surface area contributed by atoms with Gasteiger partial charge in [0.15, 0.2) is 0 Å². The molecule has 2 amide bonds. The predicted octanol–water partition coefficient (Wildman–Crippen LogP) is 4.30. The van der Waals surface area contributed by atoms with Gasteiger partial charge in [-0.05, 0) is 59.7 Å². The number of para-hydroxylation sites is 1. The molecule has 0 saturated heterocycles. The summed E-state index contributed by atoms with van der Waals surface area (Å²) in [5.41, 5.74) is 1.16. The Morgan fingerprint density at radius 1 is 1.03 bits per heavy atom. The van der Waals surface area contributed by atoms with Crippen LogP contribution in [-0.4, -0.2) is 37.8 Å². The number of nitrogens with zero attached hydrogens (tertiary/aromatic N) is 4. The number of hydrogen-bond acceptors (Lipinski definition) is 6. The van der Waals surface area contributed by atoms with Crippen molar-refractivity contribution in [3.05, 3.63) is 59.9 Å². The van der Waals surface area contributed by atoms with E-state index in [0.717, 1.165) is 25.7 Å². The molecule has 1 aliphatic rings. The smallest absolute Gasteiger partial charge is 0.257 e. The van der Waals surface area contributed by atoms with Crippen molar-refractivity contribution in [3.8, 4) is 0 Å². The lowest BCUT2D eigenvalue weighted by Crippen LogP contribution is -2.20. The molecule has 1 fully saturated rings. The second-order valence-corrected chi connectivity index (χ2v) is 8.48. The molecule has 8 nitrogen and oxygen atoms in total. The third kappa shape index (κ3) is 5.50. The number of tetrazole rings is 1. The van der Waals surface area contributed by atoms with Gasteiger partial charge < -0.3 is 10.6 Å². The number of nitrogens with one attached hydrogen (secondary N) is 2. The molecule has 166 valence electrons. The highest BCUT2D eigenvalue weighted by Gasteiger charge is 2.21. The van der Waals surface area contributed by atoms with Crippen molar-refractivity contribution in [2.24, 2.45) is 0 Å². The zero-order valence-corrected chi connectivity index (χ0v) is 18.1. The average Bonchev–Trinajstić information content (AvgIpc) is 3.29. The summed E-state index contributed by atoms with van der Waals surface area (Å²) in [6.45, 7) is 0. The Kier molecular flexibility index (Phi) is 7.10. The minimum atomic E-state index is -0.401. The standard InChI is InChI=1S/C22H23FN6O2S/c23-15-10-12-16(13-11-15)24-21(31)18-8-4-5-9-19(18)25-20(30)14-32-22-26-27-28-29(22)17-6-2-1-3-7-17/h4-5,8-13,17H,1-3,6-7,14H2,(H,24,31)(H,25,30). The Morgan fingerprint density at radius 2 is 1.78 bits per heavy atom. The van der Waals surface area contributed by atoms with Gasteiger partial charge in [-0.3, -0.25) is 9.59 Å². The first-order valence-corrected chi connectivity index (χ1v) is 11.4. The van der Waals surface area contributed by atoms with Crippen LogP contribution in [0.5, 0.6) is 0 Å². The largest absolute Gasteiger partial charge is 0.325 e. The van der Waals surface area contributed by atoms with E-state index in [4.69, 9.17) is 0 Å². The molecule has 1 saturated carbocycles. The monoisotopic (exact) mass is 454 g/mol. The number of carbonyl (C=O) groups is 2. The van der Waals surface area contributed by atoms with Crippen molar-refractivity contribution in [1.82, 2.24) is 20.2 Å². The number of aromatic nitrogens is 4. The second-order valence-electron chi connectivity index (χ2n) is 7.54. The van der Waals surface area contributed by atoms with E-state index in [-0.39, 0.29) is 23.5 Å². The van der Waals surface area contributed by atoms with Crippen molar-refractivity contribution in [1.29, 1.82) is 0 Å². The highest BCUT2D eigenvalue weighted by Crippen LogP contribution is 2.30. The molecule has 32 heavy (non-hydrogen) atoms. The minimum absolute atomic E-state index is 0.112. The van der Waals surface area contributed by atoms with Gasteiger partial charge in [-0.15, -0.1) is 5.10 Å². The molecule has 2 aromatic carbocycles. The zero-order valence-electron chi connectivity index (χ0n) is 17.3. The van der Waals surface area contributed by atoms with Gasteiger partial charge in [0.25, 0.3) is 5.91 Å². The van der Waals surface area contributed by atoms with E-state index in [2.05, 4.69) is 26.2 Å². The summed E-state index contributed by atoms with van der Waals surface area (Å²) in [7, 11) is 0. The minimum Gasteiger partial charge on any atom is -0.325 e. The highest BCUT2D eigenvalue weighted by molar-refractivity contribution is 7.99. The molecule has 3 aromatic rings. The summed E-state index contributed by atoms with van der Waals surface area (Å²) in [5.74, 6) is -0.944. The lowest BCUT2D eigenvalue weighted by atomic mass is 9.96. The summed E-state index contributed by atoms with van der Waals surface area (Å²) >= 11 is 1.27.